The minimum atomic E-state index is -0.373. The number of fused-ring (bicyclic) bond motifs is 1. The zero-order valence-electron chi connectivity index (χ0n) is 16.4. The van der Waals surface area contributed by atoms with Crippen LogP contribution >= 0.6 is 0 Å². The maximum Gasteiger partial charge on any atom is 0.302 e. The molecule has 0 spiro atoms. The Morgan fingerprint density at radius 3 is 2.69 bits per heavy atom. The molecule has 0 unspecified atom stereocenters. The number of carbonyl (C=O) groups is 1. The van der Waals surface area contributed by atoms with Gasteiger partial charge in [0.1, 0.15) is 12.9 Å². The number of hydrogen-bond donors (Lipinski definition) is 1. The van der Waals surface area contributed by atoms with Crippen molar-refractivity contribution in [3.05, 3.63) is 52.6 Å². The summed E-state index contributed by atoms with van der Waals surface area (Å²) in [6, 6.07) is 9.99. The van der Waals surface area contributed by atoms with Crippen LogP contribution in [0.5, 0.6) is 0 Å². The van der Waals surface area contributed by atoms with Crippen molar-refractivity contribution >= 4 is 23.1 Å². The summed E-state index contributed by atoms with van der Waals surface area (Å²) in [5.41, 5.74) is 1.79. The van der Waals surface area contributed by atoms with Crippen molar-refractivity contribution in [1.82, 2.24) is 24.4 Å². The molecular weight excluding hydrogens is 372 g/mol. The predicted molar refractivity (Wildman–Crippen MR) is 109 cm³/mol. The molecule has 4 rings (SSSR count). The summed E-state index contributed by atoms with van der Waals surface area (Å²) in [7, 11) is 0. The molecule has 3 heterocycles. The van der Waals surface area contributed by atoms with Crippen LogP contribution in [0.2, 0.25) is 0 Å². The molecule has 2 aromatic heterocycles. The fourth-order valence-electron chi connectivity index (χ4n) is 3.51. The normalized spacial score (nSPS) is 14.3. The third-order valence-electron chi connectivity index (χ3n) is 4.93. The summed E-state index contributed by atoms with van der Waals surface area (Å²) in [5, 5.41) is 3.34. The lowest BCUT2D eigenvalue weighted by atomic mass is 10.2. The van der Waals surface area contributed by atoms with Crippen molar-refractivity contribution in [3.8, 4) is 0 Å². The molecular formula is C20H24N6O3. The summed E-state index contributed by atoms with van der Waals surface area (Å²) in [6.07, 6.45) is 1.47. The Kier molecular flexibility index (Phi) is 5.57. The summed E-state index contributed by atoms with van der Waals surface area (Å²) >= 11 is 0. The van der Waals surface area contributed by atoms with Crippen molar-refractivity contribution in [2.75, 3.05) is 37.7 Å². The van der Waals surface area contributed by atoms with E-state index >= 15 is 0 Å². The summed E-state index contributed by atoms with van der Waals surface area (Å²) in [4.78, 5) is 35.5. The van der Waals surface area contributed by atoms with E-state index in [2.05, 4.69) is 15.2 Å². The van der Waals surface area contributed by atoms with E-state index in [0.29, 0.717) is 17.7 Å². The highest BCUT2D eigenvalue weighted by Crippen LogP contribution is 2.21. The van der Waals surface area contributed by atoms with E-state index in [1.807, 2.05) is 34.9 Å². The van der Waals surface area contributed by atoms with E-state index in [1.54, 1.807) is 0 Å². The monoisotopic (exact) mass is 396 g/mol. The van der Waals surface area contributed by atoms with Crippen LogP contribution in [-0.4, -0.2) is 57.9 Å². The zero-order valence-corrected chi connectivity index (χ0v) is 16.4. The third kappa shape index (κ3) is 4.14. The van der Waals surface area contributed by atoms with Crippen molar-refractivity contribution in [2.24, 2.45) is 0 Å². The lowest BCUT2D eigenvalue weighted by Gasteiger charge is -2.28. The number of imidazole rings is 1. The number of nitrogens with zero attached hydrogens (tertiary/aromatic N) is 5. The van der Waals surface area contributed by atoms with Crippen molar-refractivity contribution in [3.63, 3.8) is 0 Å². The fraction of sp³-hybridized carbons (Fsp3) is 0.400. The first-order valence-corrected chi connectivity index (χ1v) is 9.72. The molecule has 1 saturated heterocycles. The van der Waals surface area contributed by atoms with Crippen LogP contribution < -0.4 is 15.8 Å². The average Bonchev–Trinajstić information content (AvgIpc) is 3.10. The average molecular weight is 396 g/mol. The zero-order chi connectivity index (χ0) is 20.2. The van der Waals surface area contributed by atoms with Crippen LogP contribution in [0.15, 0.2) is 41.5 Å². The standard InChI is InChI=1S/C20H24N6O3/c1-15(27)29-12-11-25-14-22-18-17(19(25)28)26(13-16-5-3-2-4-6-16)20(23-18)24-9-7-21-8-10-24/h2-6,14,21H,7-13H2,1H3. The molecule has 1 aromatic carbocycles. The summed E-state index contributed by atoms with van der Waals surface area (Å²) < 4.78 is 8.40. The number of piperazine rings is 1. The van der Waals surface area contributed by atoms with Crippen molar-refractivity contribution < 1.29 is 9.53 Å². The molecule has 1 fully saturated rings. The molecule has 0 amide bonds. The second-order valence-electron chi connectivity index (χ2n) is 6.98. The minimum absolute atomic E-state index is 0.125. The molecule has 1 aliphatic heterocycles. The number of hydrogen-bond acceptors (Lipinski definition) is 7. The predicted octanol–water partition coefficient (Wildman–Crippen LogP) is 0.614. The number of nitrogens with one attached hydrogen (secondary N) is 1. The number of aromatic nitrogens is 4. The van der Waals surface area contributed by atoms with Gasteiger partial charge in [0.05, 0.1) is 13.1 Å². The Bertz CT molecular complexity index is 1050. The van der Waals surface area contributed by atoms with Gasteiger partial charge in [-0.1, -0.05) is 30.3 Å². The van der Waals surface area contributed by atoms with Gasteiger partial charge in [-0.15, -0.1) is 0 Å². The Labute approximate surface area is 167 Å². The van der Waals surface area contributed by atoms with Gasteiger partial charge in [-0.2, -0.15) is 4.98 Å². The highest BCUT2D eigenvalue weighted by molar-refractivity contribution is 5.74. The van der Waals surface area contributed by atoms with Gasteiger partial charge in [-0.3, -0.25) is 18.7 Å². The molecule has 3 aromatic rings. The number of rotatable bonds is 6. The molecule has 152 valence electrons. The van der Waals surface area contributed by atoms with Crippen LogP contribution in [0.1, 0.15) is 12.5 Å². The smallest absolute Gasteiger partial charge is 0.302 e. The van der Waals surface area contributed by atoms with Gasteiger partial charge in [0.25, 0.3) is 5.56 Å². The second-order valence-corrected chi connectivity index (χ2v) is 6.98. The number of esters is 1. The molecule has 0 radical (unpaired) electrons. The van der Waals surface area contributed by atoms with Crippen LogP contribution in [-0.2, 0) is 22.6 Å². The lowest BCUT2D eigenvalue weighted by Crippen LogP contribution is -2.44. The Balaban J connectivity index is 1.77. The summed E-state index contributed by atoms with van der Waals surface area (Å²) in [6.45, 7) is 5.63. The first kappa shape index (κ1) is 19.1. The topological polar surface area (TPSA) is 94.3 Å². The largest absolute Gasteiger partial charge is 0.464 e. The van der Waals surface area contributed by atoms with E-state index < -0.39 is 0 Å². The molecule has 9 nitrogen and oxygen atoms in total. The van der Waals surface area contributed by atoms with Crippen LogP contribution in [0, 0.1) is 0 Å². The molecule has 1 aliphatic rings. The van der Waals surface area contributed by atoms with Gasteiger partial charge in [0, 0.05) is 33.1 Å². The maximum absolute atomic E-state index is 13.2. The molecule has 0 saturated carbocycles. The molecule has 0 atom stereocenters. The fourth-order valence-corrected chi connectivity index (χ4v) is 3.51. The van der Waals surface area contributed by atoms with Gasteiger partial charge in [-0.25, -0.2) is 4.98 Å². The van der Waals surface area contributed by atoms with Crippen LogP contribution in [0.25, 0.3) is 11.2 Å². The SMILES string of the molecule is CC(=O)OCCn1cnc2nc(N3CCNCC3)n(Cc3ccccc3)c2c1=O. The number of anilines is 1. The van der Waals surface area contributed by atoms with E-state index in [4.69, 9.17) is 9.72 Å². The first-order valence-electron chi connectivity index (χ1n) is 9.72. The lowest BCUT2D eigenvalue weighted by molar-refractivity contribution is -0.141. The molecule has 9 heteroatoms. The van der Waals surface area contributed by atoms with E-state index in [9.17, 15) is 9.59 Å². The van der Waals surface area contributed by atoms with E-state index in [0.717, 1.165) is 37.7 Å². The van der Waals surface area contributed by atoms with E-state index in [-0.39, 0.29) is 24.7 Å². The van der Waals surface area contributed by atoms with Crippen LogP contribution in [0.4, 0.5) is 5.95 Å². The number of ether oxygens (including phenoxy) is 1. The quantitative estimate of drug-likeness (QED) is 0.610. The van der Waals surface area contributed by atoms with Crippen molar-refractivity contribution in [1.29, 1.82) is 0 Å². The van der Waals surface area contributed by atoms with Gasteiger partial charge in [-0.05, 0) is 5.56 Å². The van der Waals surface area contributed by atoms with E-state index in [1.165, 1.54) is 17.8 Å². The Hall–Kier alpha value is -3.20. The molecule has 0 bridgehead atoms. The van der Waals surface area contributed by atoms with Crippen LogP contribution in [0.3, 0.4) is 0 Å². The van der Waals surface area contributed by atoms with Crippen molar-refractivity contribution in [2.45, 2.75) is 20.0 Å². The minimum Gasteiger partial charge on any atom is -0.464 e. The Morgan fingerprint density at radius 1 is 1.21 bits per heavy atom. The highest BCUT2D eigenvalue weighted by Gasteiger charge is 2.22. The maximum atomic E-state index is 13.2. The molecule has 29 heavy (non-hydrogen) atoms. The third-order valence-corrected chi connectivity index (χ3v) is 4.93. The summed E-state index contributed by atoms with van der Waals surface area (Å²) in [5.74, 6) is 0.384. The number of benzene rings is 1. The van der Waals surface area contributed by atoms with Gasteiger partial charge < -0.3 is 15.0 Å². The molecule has 1 N–H and O–H groups in total. The number of carbonyl (C=O) groups excluding carboxylic acids is 1. The first-order chi connectivity index (χ1) is 14.1. The Morgan fingerprint density at radius 2 is 1.97 bits per heavy atom. The van der Waals surface area contributed by atoms with Gasteiger partial charge >= 0.3 is 5.97 Å². The highest BCUT2D eigenvalue weighted by atomic mass is 16.5. The van der Waals surface area contributed by atoms with Gasteiger partial charge in [0.15, 0.2) is 11.2 Å². The van der Waals surface area contributed by atoms with Gasteiger partial charge in [0.2, 0.25) is 5.95 Å². The second kappa shape index (κ2) is 8.44. The molecule has 0 aliphatic carbocycles.